The van der Waals surface area contributed by atoms with Crippen LogP contribution in [0.3, 0.4) is 0 Å². The summed E-state index contributed by atoms with van der Waals surface area (Å²) < 4.78 is 4.65. The van der Waals surface area contributed by atoms with Crippen molar-refractivity contribution < 1.29 is 19.1 Å². The summed E-state index contributed by atoms with van der Waals surface area (Å²) in [7, 11) is 1.26. The molecule has 0 spiro atoms. The molecule has 1 N–H and O–H groups in total. The van der Waals surface area contributed by atoms with Crippen LogP contribution in [-0.2, 0) is 9.53 Å². The van der Waals surface area contributed by atoms with E-state index in [1.54, 1.807) is 13.8 Å². The largest absolute Gasteiger partial charge is 0.468 e. The molecular weight excluding hydrogens is 331 g/mol. The number of carbonyl (C=O) groups is 3. The van der Waals surface area contributed by atoms with Crippen molar-refractivity contribution in [3.8, 4) is 0 Å². The van der Waals surface area contributed by atoms with Crippen LogP contribution < -0.4 is 5.32 Å². The molecule has 0 unspecified atom stereocenters. The molecule has 0 saturated heterocycles. The summed E-state index contributed by atoms with van der Waals surface area (Å²) in [6.45, 7) is 3.04. The first-order valence-electron chi connectivity index (χ1n) is 6.37. The molecule has 118 valence electrons. The fourth-order valence-electron chi connectivity index (χ4n) is 2.03. The number of ether oxygens (including phenoxy) is 1. The normalized spacial score (nSPS) is 14.3. The zero-order valence-corrected chi connectivity index (χ0v) is 13.7. The maximum absolute atomic E-state index is 12.3. The molecule has 8 heteroatoms. The minimum absolute atomic E-state index is 0.135. The number of benzene rings is 1. The zero-order chi connectivity index (χ0) is 16.7. The minimum atomic E-state index is -1.04. The number of hydrogen-bond acceptors (Lipinski definition) is 5. The van der Waals surface area contributed by atoms with E-state index in [9.17, 15) is 14.4 Å². The van der Waals surface area contributed by atoms with E-state index in [1.807, 2.05) is 0 Å². The van der Waals surface area contributed by atoms with Crippen molar-refractivity contribution in [3.63, 3.8) is 0 Å². The van der Waals surface area contributed by atoms with E-state index in [0.717, 1.165) is 4.90 Å². The van der Waals surface area contributed by atoms with Crippen LogP contribution >= 0.6 is 23.2 Å². The predicted molar refractivity (Wildman–Crippen MR) is 81.1 cm³/mol. The van der Waals surface area contributed by atoms with E-state index in [4.69, 9.17) is 23.2 Å². The molecule has 2 amide bonds. The molecule has 0 aliphatic carbocycles. The average Bonchev–Trinajstić information content (AvgIpc) is 2.68. The van der Waals surface area contributed by atoms with Crippen molar-refractivity contribution >= 4 is 41.0 Å². The van der Waals surface area contributed by atoms with Gasteiger partial charge in [-0.05, 0) is 26.0 Å². The van der Waals surface area contributed by atoms with Gasteiger partial charge in [0.25, 0.3) is 11.8 Å². The zero-order valence-electron chi connectivity index (χ0n) is 12.2. The number of methoxy groups -OCH3 is 1. The molecule has 0 radical (unpaired) electrons. The summed E-state index contributed by atoms with van der Waals surface area (Å²) in [5.74, 6) is -1.49. The molecule has 0 aromatic heterocycles. The molecule has 1 heterocycles. The van der Waals surface area contributed by atoms with Crippen LogP contribution in [0.1, 0.15) is 34.6 Å². The van der Waals surface area contributed by atoms with E-state index in [0.29, 0.717) is 0 Å². The molecule has 22 heavy (non-hydrogen) atoms. The van der Waals surface area contributed by atoms with Gasteiger partial charge in [-0.3, -0.25) is 24.6 Å². The number of carbonyl (C=O) groups excluding carboxylic acids is 3. The van der Waals surface area contributed by atoms with Crippen molar-refractivity contribution in [2.75, 3.05) is 13.8 Å². The molecule has 0 fully saturated rings. The average molecular weight is 345 g/mol. The molecule has 0 saturated carbocycles. The summed E-state index contributed by atoms with van der Waals surface area (Å²) in [6.07, 6.45) is 0. The van der Waals surface area contributed by atoms with Crippen molar-refractivity contribution in [2.24, 2.45) is 0 Å². The van der Waals surface area contributed by atoms with E-state index < -0.39 is 23.3 Å². The SMILES string of the molecule is COC(=O)C(C)(C)NCN1C(=O)c2cc(Cl)c(Cl)cc2C1=O. The number of fused-ring (bicyclic) bond motifs is 1. The number of halogens is 2. The molecule has 6 nitrogen and oxygen atoms in total. The first kappa shape index (κ1) is 16.7. The van der Waals surface area contributed by atoms with Gasteiger partial charge in [-0.15, -0.1) is 0 Å². The Morgan fingerprint density at radius 2 is 1.64 bits per heavy atom. The topological polar surface area (TPSA) is 75.7 Å². The Hall–Kier alpha value is -1.63. The summed E-state index contributed by atoms with van der Waals surface area (Å²) >= 11 is 11.7. The Labute approximate surface area is 137 Å². The van der Waals surface area contributed by atoms with Gasteiger partial charge in [0.05, 0.1) is 35.0 Å². The Morgan fingerprint density at radius 3 is 2.05 bits per heavy atom. The van der Waals surface area contributed by atoms with Crippen molar-refractivity contribution in [2.45, 2.75) is 19.4 Å². The molecule has 1 aliphatic rings. The van der Waals surface area contributed by atoms with Crippen LogP contribution in [0.4, 0.5) is 0 Å². The third-order valence-electron chi connectivity index (χ3n) is 3.39. The fraction of sp³-hybridized carbons (Fsp3) is 0.357. The highest BCUT2D eigenvalue weighted by atomic mass is 35.5. The smallest absolute Gasteiger partial charge is 0.325 e. The lowest BCUT2D eigenvalue weighted by Crippen LogP contribution is -2.52. The summed E-state index contributed by atoms with van der Waals surface area (Å²) in [5.41, 5.74) is -0.659. The highest BCUT2D eigenvalue weighted by Gasteiger charge is 2.38. The van der Waals surface area contributed by atoms with E-state index in [1.165, 1.54) is 19.2 Å². The number of nitrogens with zero attached hydrogens (tertiary/aromatic N) is 1. The second-order valence-electron chi connectivity index (χ2n) is 5.30. The maximum Gasteiger partial charge on any atom is 0.325 e. The minimum Gasteiger partial charge on any atom is -0.468 e. The number of hydrogen-bond donors (Lipinski definition) is 1. The van der Waals surface area contributed by atoms with Gasteiger partial charge in [-0.1, -0.05) is 23.2 Å². The third kappa shape index (κ3) is 2.82. The van der Waals surface area contributed by atoms with Crippen LogP contribution in [-0.4, -0.2) is 42.0 Å². The third-order valence-corrected chi connectivity index (χ3v) is 4.11. The number of amides is 2. The molecule has 2 rings (SSSR count). The van der Waals surface area contributed by atoms with Gasteiger partial charge in [0, 0.05) is 0 Å². The Balaban J connectivity index is 2.21. The van der Waals surface area contributed by atoms with Gasteiger partial charge < -0.3 is 4.74 Å². The quantitative estimate of drug-likeness (QED) is 0.668. The van der Waals surface area contributed by atoms with Gasteiger partial charge >= 0.3 is 5.97 Å². The highest BCUT2D eigenvalue weighted by Crippen LogP contribution is 2.31. The standard InChI is InChI=1S/C14H14Cl2N2O4/c1-14(2,13(21)22-3)17-6-18-11(19)7-4-9(15)10(16)5-8(7)12(18)20/h4-5,17H,6H2,1-3H3. The predicted octanol–water partition coefficient (Wildman–Crippen LogP) is 2.09. The second kappa shape index (κ2) is 5.87. The van der Waals surface area contributed by atoms with Gasteiger partial charge in [0.1, 0.15) is 5.54 Å². The Morgan fingerprint density at radius 1 is 1.18 bits per heavy atom. The first-order valence-corrected chi connectivity index (χ1v) is 7.13. The first-order chi connectivity index (χ1) is 10.2. The lowest BCUT2D eigenvalue weighted by Gasteiger charge is -2.25. The van der Waals surface area contributed by atoms with Crippen LogP contribution in [0.15, 0.2) is 12.1 Å². The van der Waals surface area contributed by atoms with Crippen LogP contribution in [0.5, 0.6) is 0 Å². The van der Waals surface area contributed by atoms with E-state index in [-0.39, 0.29) is 27.8 Å². The van der Waals surface area contributed by atoms with Gasteiger partial charge in [-0.2, -0.15) is 0 Å². The summed E-state index contributed by atoms with van der Waals surface area (Å²) in [5, 5.41) is 3.22. The summed E-state index contributed by atoms with van der Waals surface area (Å²) in [6, 6.07) is 2.73. The molecular formula is C14H14Cl2N2O4. The molecule has 1 aromatic rings. The second-order valence-corrected chi connectivity index (χ2v) is 6.12. The van der Waals surface area contributed by atoms with Crippen LogP contribution in [0.2, 0.25) is 10.0 Å². The lowest BCUT2D eigenvalue weighted by molar-refractivity contribution is -0.147. The number of rotatable bonds is 4. The molecule has 1 aliphatic heterocycles. The Bertz CT molecular complexity index is 632. The van der Waals surface area contributed by atoms with E-state index in [2.05, 4.69) is 10.1 Å². The van der Waals surface area contributed by atoms with Gasteiger partial charge in [0.2, 0.25) is 0 Å². The molecule has 0 atom stereocenters. The summed E-state index contributed by atoms with van der Waals surface area (Å²) in [4.78, 5) is 37.1. The van der Waals surface area contributed by atoms with E-state index >= 15 is 0 Å². The molecule has 1 aromatic carbocycles. The van der Waals surface area contributed by atoms with Crippen molar-refractivity contribution in [1.29, 1.82) is 0 Å². The monoisotopic (exact) mass is 344 g/mol. The molecule has 0 bridgehead atoms. The lowest BCUT2D eigenvalue weighted by atomic mass is 10.1. The number of imide groups is 1. The van der Waals surface area contributed by atoms with Crippen molar-refractivity contribution in [1.82, 2.24) is 10.2 Å². The number of nitrogens with one attached hydrogen (secondary N) is 1. The van der Waals surface area contributed by atoms with Crippen molar-refractivity contribution in [3.05, 3.63) is 33.3 Å². The fourth-order valence-corrected chi connectivity index (χ4v) is 2.36. The highest BCUT2D eigenvalue weighted by molar-refractivity contribution is 6.43. The van der Waals surface area contributed by atoms with Gasteiger partial charge in [0.15, 0.2) is 0 Å². The van der Waals surface area contributed by atoms with Crippen LogP contribution in [0.25, 0.3) is 0 Å². The van der Waals surface area contributed by atoms with Gasteiger partial charge in [-0.25, -0.2) is 0 Å². The number of esters is 1. The van der Waals surface area contributed by atoms with Crippen LogP contribution in [0, 0.1) is 0 Å². The Kier molecular flexibility index (Phi) is 4.47. The maximum atomic E-state index is 12.3.